The van der Waals surface area contributed by atoms with Gasteiger partial charge in [-0.1, -0.05) is 35.9 Å². The monoisotopic (exact) mass is 582 g/mol. The van der Waals surface area contributed by atoms with E-state index in [-0.39, 0.29) is 12.2 Å². The van der Waals surface area contributed by atoms with Crippen LogP contribution in [0.1, 0.15) is 29.2 Å². The van der Waals surface area contributed by atoms with Crippen molar-refractivity contribution >= 4 is 57.1 Å². The van der Waals surface area contributed by atoms with Crippen molar-refractivity contribution in [2.24, 2.45) is 0 Å². The number of nitrogens with one attached hydrogen (secondary N) is 1. The number of hydrogen-bond donors (Lipinski definition) is 1. The molecule has 0 spiro atoms. The molecule has 4 rings (SSSR count). The van der Waals surface area contributed by atoms with Gasteiger partial charge in [0.1, 0.15) is 12.2 Å². The number of carbonyl (C=O) groups is 3. The molecular weight excluding hydrogens is 560 g/mol. The number of rotatable bonds is 7. The van der Waals surface area contributed by atoms with Gasteiger partial charge >= 0.3 is 6.03 Å². The largest absolute Gasteiger partial charge is 0.490 e. The Hall–Kier alpha value is -3.62. The topological polar surface area (TPSA) is 84.9 Å². The lowest BCUT2D eigenvalue weighted by Crippen LogP contribution is -2.54. The molecule has 1 saturated heterocycles. The Kier molecular flexibility index (Phi) is 8.00. The molecule has 7 nitrogen and oxygen atoms in total. The molecule has 1 aliphatic rings. The first kappa shape index (κ1) is 26.4. The summed E-state index contributed by atoms with van der Waals surface area (Å²) in [5.41, 5.74) is 3.29. The second-order valence-corrected chi connectivity index (χ2v) is 9.72. The number of amides is 4. The molecule has 190 valence electrons. The zero-order valence-electron chi connectivity index (χ0n) is 20.4. The number of urea groups is 1. The molecule has 0 aromatic heterocycles. The van der Waals surface area contributed by atoms with Crippen molar-refractivity contribution in [3.63, 3.8) is 0 Å². The van der Waals surface area contributed by atoms with Crippen LogP contribution in [0.3, 0.4) is 0 Å². The third kappa shape index (κ3) is 5.87. The summed E-state index contributed by atoms with van der Waals surface area (Å²) < 4.78 is 12.4. The van der Waals surface area contributed by atoms with Gasteiger partial charge < -0.3 is 9.47 Å². The fraction of sp³-hybridized carbons (Fsp3) is 0.179. The molecule has 0 radical (unpaired) electrons. The van der Waals surface area contributed by atoms with Gasteiger partial charge in [0.05, 0.1) is 16.8 Å². The Bertz CT molecular complexity index is 1420. The number of imide groups is 2. The number of aryl methyl sites for hydroxylation is 2. The number of hydrogen-bond acceptors (Lipinski definition) is 5. The molecule has 1 fully saturated rings. The normalized spacial score (nSPS) is 14.7. The second kappa shape index (κ2) is 11.2. The lowest BCUT2D eigenvalue weighted by Gasteiger charge is -2.28. The Labute approximate surface area is 228 Å². The van der Waals surface area contributed by atoms with Gasteiger partial charge in [0.2, 0.25) is 0 Å². The van der Waals surface area contributed by atoms with Gasteiger partial charge in [-0.25, -0.2) is 9.69 Å². The zero-order valence-corrected chi connectivity index (χ0v) is 22.8. The lowest BCUT2D eigenvalue weighted by molar-refractivity contribution is -0.122. The summed E-state index contributed by atoms with van der Waals surface area (Å²) in [6.07, 6.45) is 1.43. The maximum absolute atomic E-state index is 13.4. The van der Waals surface area contributed by atoms with Crippen molar-refractivity contribution in [1.29, 1.82) is 0 Å². The number of nitrogens with zero attached hydrogens (tertiary/aromatic N) is 1. The van der Waals surface area contributed by atoms with Crippen LogP contribution in [-0.2, 0) is 16.2 Å². The summed E-state index contributed by atoms with van der Waals surface area (Å²) in [4.78, 5) is 39.6. The number of benzene rings is 3. The van der Waals surface area contributed by atoms with E-state index in [9.17, 15) is 14.4 Å². The molecular formula is C28H24BrClN2O5. The number of barbiturate groups is 1. The van der Waals surface area contributed by atoms with Crippen LogP contribution in [0.4, 0.5) is 10.5 Å². The van der Waals surface area contributed by atoms with Crippen LogP contribution in [0.5, 0.6) is 11.5 Å². The number of anilines is 1. The van der Waals surface area contributed by atoms with Crippen LogP contribution >= 0.6 is 27.5 Å². The van der Waals surface area contributed by atoms with Gasteiger partial charge in [0.25, 0.3) is 11.8 Å². The third-order valence-electron chi connectivity index (χ3n) is 5.65. The summed E-state index contributed by atoms with van der Waals surface area (Å²) in [5, 5.41) is 2.90. The van der Waals surface area contributed by atoms with E-state index in [1.807, 2.05) is 38.1 Å². The van der Waals surface area contributed by atoms with Crippen molar-refractivity contribution in [3.05, 3.63) is 91.9 Å². The highest BCUT2D eigenvalue weighted by molar-refractivity contribution is 9.10. The summed E-state index contributed by atoms with van der Waals surface area (Å²) in [6.45, 7) is 6.15. The SMILES string of the molecule is CCOc1cc(/C=C2\C(=O)NC(=O)N(c3cc(C)ccc3C)C2=O)cc(Br)c1OCc1ccc(Cl)cc1. The number of carbonyl (C=O) groups excluding carboxylic acids is 3. The molecule has 4 amide bonds. The minimum atomic E-state index is -0.789. The van der Waals surface area contributed by atoms with Crippen LogP contribution in [0.15, 0.2) is 64.6 Å². The molecule has 1 aliphatic heterocycles. The first-order valence-corrected chi connectivity index (χ1v) is 12.7. The molecule has 0 bridgehead atoms. The quantitative estimate of drug-likeness (QED) is 0.258. The average Bonchev–Trinajstić information content (AvgIpc) is 2.84. The van der Waals surface area contributed by atoms with E-state index in [1.165, 1.54) is 6.08 Å². The maximum Gasteiger partial charge on any atom is 0.335 e. The zero-order chi connectivity index (χ0) is 26.7. The van der Waals surface area contributed by atoms with Gasteiger partial charge in [-0.3, -0.25) is 14.9 Å². The van der Waals surface area contributed by atoms with Crippen molar-refractivity contribution in [2.75, 3.05) is 11.5 Å². The predicted octanol–water partition coefficient (Wildman–Crippen LogP) is 6.36. The van der Waals surface area contributed by atoms with E-state index in [4.69, 9.17) is 21.1 Å². The fourth-order valence-electron chi connectivity index (χ4n) is 3.81. The first-order chi connectivity index (χ1) is 17.7. The molecule has 0 saturated carbocycles. The fourth-order valence-corrected chi connectivity index (χ4v) is 4.51. The molecule has 3 aromatic rings. The van der Waals surface area contributed by atoms with Crippen molar-refractivity contribution < 1.29 is 23.9 Å². The summed E-state index contributed by atoms with van der Waals surface area (Å²) >= 11 is 9.48. The van der Waals surface area contributed by atoms with Crippen LogP contribution in [-0.4, -0.2) is 24.5 Å². The third-order valence-corrected chi connectivity index (χ3v) is 6.49. The molecule has 0 atom stereocenters. The molecule has 1 N–H and O–H groups in total. The van der Waals surface area contributed by atoms with E-state index in [1.54, 1.807) is 37.3 Å². The van der Waals surface area contributed by atoms with Crippen LogP contribution in [0.25, 0.3) is 6.08 Å². The highest BCUT2D eigenvalue weighted by Crippen LogP contribution is 2.38. The lowest BCUT2D eigenvalue weighted by atomic mass is 10.0. The molecule has 3 aromatic carbocycles. The predicted molar refractivity (Wildman–Crippen MR) is 146 cm³/mol. The second-order valence-electron chi connectivity index (χ2n) is 8.43. The van der Waals surface area contributed by atoms with Crippen molar-refractivity contribution in [2.45, 2.75) is 27.4 Å². The van der Waals surface area contributed by atoms with Crippen molar-refractivity contribution in [3.8, 4) is 11.5 Å². The summed E-state index contributed by atoms with van der Waals surface area (Å²) in [7, 11) is 0. The van der Waals surface area contributed by atoms with Gasteiger partial charge in [-0.2, -0.15) is 0 Å². The molecule has 9 heteroatoms. The van der Waals surface area contributed by atoms with E-state index in [0.717, 1.165) is 21.6 Å². The highest BCUT2D eigenvalue weighted by atomic mass is 79.9. The molecule has 37 heavy (non-hydrogen) atoms. The average molecular weight is 584 g/mol. The standard InChI is InChI=1S/C28H24BrClN2O5/c1-4-36-24-14-19(13-22(29)25(24)37-15-18-7-9-20(30)10-8-18)12-21-26(33)31-28(35)32(27(21)34)23-11-16(2)5-6-17(23)3/h5-14H,4,15H2,1-3H3,(H,31,33,35)/b21-12+. The Morgan fingerprint density at radius 3 is 2.43 bits per heavy atom. The van der Waals surface area contributed by atoms with Crippen LogP contribution < -0.4 is 19.7 Å². The number of ether oxygens (including phenoxy) is 2. The van der Waals surface area contributed by atoms with E-state index >= 15 is 0 Å². The minimum Gasteiger partial charge on any atom is -0.490 e. The van der Waals surface area contributed by atoms with Gasteiger partial charge in [-0.15, -0.1) is 0 Å². The summed E-state index contributed by atoms with van der Waals surface area (Å²) in [6, 6.07) is 15.3. The Morgan fingerprint density at radius 2 is 1.73 bits per heavy atom. The summed E-state index contributed by atoms with van der Waals surface area (Å²) in [5.74, 6) is -0.567. The molecule has 0 unspecified atom stereocenters. The number of halogens is 2. The molecule has 1 heterocycles. The van der Waals surface area contributed by atoms with Gasteiger partial charge in [-0.05, 0) is 95.4 Å². The van der Waals surface area contributed by atoms with E-state index < -0.39 is 17.8 Å². The van der Waals surface area contributed by atoms with E-state index in [2.05, 4.69) is 21.2 Å². The van der Waals surface area contributed by atoms with Gasteiger partial charge in [0, 0.05) is 5.02 Å². The van der Waals surface area contributed by atoms with Crippen molar-refractivity contribution in [1.82, 2.24) is 5.32 Å². The van der Waals surface area contributed by atoms with Crippen LogP contribution in [0.2, 0.25) is 5.02 Å². The van der Waals surface area contributed by atoms with E-state index in [0.29, 0.717) is 38.9 Å². The Morgan fingerprint density at radius 1 is 1.00 bits per heavy atom. The minimum absolute atomic E-state index is 0.176. The van der Waals surface area contributed by atoms with Gasteiger partial charge in [0.15, 0.2) is 11.5 Å². The molecule has 0 aliphatic carbocycles. The maximum atomic E-state index is 13.4. The smallest absolute Gasteiger partial charge is 0.335 e. The first-order valence-electron chi connectivity index (χ1n) is 11.5. The highest BCUT2D eigenvalue weighted by Gasteiger charge is 2.37. The van der Waals surface area contributed by atoms with Crippen LogP contribution in [0, 0.1) is 13.8 Å². The Balaban J connectivity index is 1.67.